The number of hydrogen-bond acceptors (Lipinski definition) is 6. The van der Waals surface area contributed by atoms with Crippen LogP contribution in [0.15, 0.2) is 51.4 Å². The van der Waals surface area contributed by atoms with E-state index in [0.717, 1.165) is 0 Å². The molecule has 0 heterocycles. The molecule has 0 saturated carbocycles. The lowest BCUT2D eigenvalue weighted by molar-refractivity contribution is -0.578. The molecule has 0 aromatic heterocycles. The van der Waals surface area contributed by atoms with Gasteiger partial charge in [0.25, 0.3) is 0 Å². The smallest absolute Gasteiger partial charge is 0.379 e. The van der Waals surface area contributed by atoms with Crippen molar-refractivity contribution in [3.8, 4) is 0 Å². The van der Waals surface area contributed by atoms with Crippen LogP contribution in [0.3, 0.4) is 0 Å². The maximum Gasteiger partial charge on any atom is 0.389 e. The van der Waals surface area contributed by atoms with E-state index in [2.05, 4.69) is 9.99 Å². The summed E-state index contributed by atoms with van der Waals surface area (Å²) < 4.78 is 0. The van der Waals surface area contributed by atoms with E-state index < -0.39 is 16.8 Å². The zero-order chi connectivity index (χ0) is 16.1. The molecular formula is C15H16N3O4+. The number of carbonyl (C=O) groups excluding carboxylic acids is 1. The van der Waals surface area contributed by atoms with Crippen LogP contribution in [-0.2, 0) is 9.63 Å². The van der Waals surface area contributed by atoms with E-state index in [1.54, 1.807) is 42.0 Å². The quantitative estimate of drug-likeness (QED) is 0.530. The molecule has 0 aliphatic carbocycles. The molecule has 0 atom stereocenters. The van der Waals surface area contributed by atoms with Gasteiger partial charge in [-0.2, -0.15) is 0 Å². The van der Waals surface area contributed by atoms with E-state index in [1.165, 1.54) is 0 Å². The summed E-state index contributed by atoms with van der Waals surface area (Å²) in [6.07, 6.45) is 3.45. The predicted molar refractivity (Wildman–Crippen MR) is 80.1 cm³/mol. The molecule has 0 fully saturated rings. The highest BCUT2D eigenvalue weighted by molar-refractivity contribution is 5.83. The molecule has 2 aromatic rings. The van der Waals surface area contributed by atoms with Crippen molar-refractivity contribution in [1.29, 1.82) is 0 Å². The van der Waals surface area contributed by atoms with Crippen LogP contribution in [0.2, 0.25) is 0 Å². The highest BCUT2D eigenvalue weighted by Crippen LogP contribution is 2.01. The number of rotatable bonds is 5. The molecule has 0 radical (unpaired) electrons. The monoisotopic (exact) mass is 302 g/mol. The van der Waals surface area contributed by atoms with Gasteiger partial charge in [0.05, 0.1) is 6.20 Å². The summed E-state index contributed by atoms with van der Waals surface area (Å²) in [7, 11) is 3.70. The molecule has 7 heteroatoms. The third kappa shape index (κ3) is 3.44. The molecule has 2 N–H and O–H groups in total. The molecule has 2 aromatic carbocycles. The Morgan fingerprint density at radius 3 is 2.36 bits per heavy atom. The van der Waals surface area contributed by atoms with Crippen molar-refractivity contribution in [2.75, 3.05) is 20.6 Å². The van der Waals surface area contributed by atoms with E-state index >= 15 is 0 Å². The summed E-state index contributed by atoms with van der Waals surface area (Å²) in [6, 6.07) is 6.40. The van der Waals surface area contributed by atoms with Crippen molar-refractivity contribution in [2.24, 2.45) is 5.16 Å². The maximum absolute atomic E-state index is 12.0. The first-order valence-electron chi connectivity index (χ1n) is 6.63. The van der Waals surface area contributed by atoms with Gasteiger partial charge in [0.15, 0.2) is 11.9 Å². The summed E-state index contributed by atoms with van der Waals surface area (Å²) in [5.41, 5.74) is -1.05. The molecule has 0 aliphatic heterocycles. The molecule has 0 unspecified atom stereocenters. The van der Waals surface area contributed by atoms with Crippen molar-refractivity contribution in [2.45, 2.75) is 0 Å². The fourth-order valence-electron chi connectivity index (χ4n) is 1.85. The Morgan fingerprint density at radius 2 is 1.82 bits per heavy atom. The van der Waals surface area contributed by atoms with Crippen LogP contribution in [0.5, 0.6) is 0 Å². The van der Waals surface area contributed by atoms with Crippen LogP contribution < -0.4 is 21.5 Å². The second-order valence-electron chi connectivity index (χ2n) is 4.85. The SMILES string of the molecule is CN(C)/C=C\[NH2+]CC(=O)ON=c1c(=O)c2ccccc2c1=O. The van der Waals surface area contributed by atoms with E-state index in [0.29, 0.717) is 0 Å². The minimum atomic E-state index is -0.646. The predicted octanol–water partition coefficient (Wildman–Crippen LogP) is -1.61. The minimum Gasteiger partial charge on any atom is -0.379 e. The topological polar surface area (TPSA) is 92.7 Å². The lowest BCUT2D eigenvalue weighted by Gasteiger charge is -2.00. The van der Waals surface area contributed by atoms with Crippen LogP contribution in [0.25, 0.3) is 10.8 Å². The van der Waals surface area contributed by atoms with Gasteiger partial charge in [-0.15, -0.1) is 0 Å². The van der Waals surface area contributed by atoms with Crippen LogP contribution >= 0.6 is 0 Å². The van der Waals surface area contributed by atoms with Crippen molar-refractivity contribution < 1.29 is 14.9 Å². The Morgan fingerprint density at radius 1 is 1.23 bits per heavy atom. The van der Waals surface area contributed by atoms with Crippen molar-refractivity contribution in [3.63, 3.8) is 0 Å². The molecule has 114 valence electrons. The third-order valence-electron chi connectivity index (χ3n) is 2.89. The number of hydrogen-bond donors (Lipinski definition) is 1. The molecular weight excluding hydrogens is 286 g/mol. The zero-order valence-electron chi connectivity index (χ0n) is 12.3. The van der Waals surface area contributed by atoms with Crippen LogP contribution in [0, 0.1) is 0 Å². The van der Waals surface area contributed by atoms with Gasteiger partial charge >= 0.3 is 5.97 Å². The molecule has 7 nitrogen and oxygen atoms in total. The number of carbonyl (C=O) groups is 1. The Kier molecular flexibility index (Phi) is 4.80. The fraction of sp³-hybridized carbons (Fsp3) is 0.200. The fourth-order valence-corrected chi connectivity index (χ4v) is 1.85. The average Bonchev–Trinajstić information content (AvgIpc) is 2.74. The largest absolute Gasteiger partial charge is 0.389 e. The van der Waals surface area contributed by atoms with Crippen molar-refractivity contribution >= 4 is 16.7 Å². The van der Waals surface area contributed by atoms with E-state index in [1.807, 2.05) is 19.0 Å². The normalized spacial score (nSPS) is 11.0. The van der Waals surface area contributed by atoms with Gasteiger partial charge in [-0.25, -0.2) is 4.79 Å². The standard InChI is InChI=1S/C15H15N3O4/c1-18(2)8-7-16-9-12(19)22-17-13-14(20)10-5-3-4-6-11(10)15(13)21/h3-8,16H,9H2,1-2H3/p+1/b8-7-. The number of quaternary nitrogens is 1. The molecule has 0 spiro atoms. The summed E-state index contributed by atoms with van der Waals surface area (Å²) in [5, 5.41) is 5.22. The summed E-state index contributed by atoms with van der Waals surface area (Å²) in [6.45, 7) is -0.00352. The van der Waals surface area contributed by atoms with Gasteiger partial charge in [0, 0.05) is 24.9 Å². The number of nitrogens with zero attached hydrogens (tertiary/aromatic N) is 2. The van der Waals surface area contributed by atoms with Crippen LogP contribution in [0.4, 0.5) is 0 Å². The third-order valence-corrected chi connectivity index (χ3v) is 2.89. The first-order valence-corrected chi connectivity index (χ1v) is 6.63. The lowest BCUT2D eigenvalue weighted by Crippen LogP contribution is -2.80. The van der Waals surface area contributed by atoms with Crippen molar-refractivity contribution in [1.82, 2.24) is 4.90 Å². The molecule has 2 rings (SSSR count). The average molecular weight is 302 g/mol. The summed E-state index contributed by atoms with van der Waals surface area (Å²) in [5.74, 6) is -0.646. The summed E-state index contributed by atoms with van der Waals surface area (Å²) >= 11 is 0. The molecule has 0 bridgehead atoms. The first kappa shape index (κ1) is 15.6. The number of fused-ring (bicyclic) bond motifs is 1. The maximum atomic E-state index is 12.0. The van der Waals surface area contributed by atoms with Crippen molar-refractivity contribution in [3.05, 3.63) is 62.5 Å². The first-order chi connectivity index (χ1) is 10.5. The number of benzene rings is 1. The van der Waals surface area contributed by atoms with Gasteiger partial charge in [-0.05, 0) is 0 Å². The van der Waals surface area contributed by atoms with Crippen LogP contribution in [-0.4, -0.2) is 31.5 Å². The van der Waals surface area contributed by atoms with Gasteiger partial charge in [-0.3, -0.25) is 9.59 Å². The van der Waals surface area contributed by atoms with Gasteiger partial charge in [0.2, 0.25) is 10.9 Å². The molecule has 0 saturated heterocycles. The van der Waals surface area contributed by atoms with Gasteiger partial charge < -0.3 is 15.1 Å². The Bertz CT molecular complexity index is 811. The molecule has 22 heavy (non-hydrogen) atoms. The highest BCUT2D eigenvalue weighted by atomic mass is 16.7. The highest BCUT2D eigenvalue weighted by Gasteiger charge is 2.11. The van der Waals surface area contributed by atoms with Crippen LogP contribution in [0.1, 0.15) is 0 Å². The van der Waals surface area contributed by atoms with E-state index in [4.69, 9.17) is 0 Å². The summed E-state index contributed by atoms with van der Waals surface area (Å²) in [4.78, 5) is 41.9. The minimum absolute atomic E-state index is 0.00352. The van der Waals surface area contributed by atoms with E-state index in [-0.39, 0.29) is 22.7 Å². The zero-order valence-corrected chi connectivity index (χ0v) is 12.3. The Balaban J connectivity index is 2.13. The molecule has 0 amide bonds. The Labute approximate surface area is 125 Å². The lowest BCUT2D eigenvalue weighted by atomic mass is 10.2. The molecule has 0 aliphatic rings. The second kappa shape index (κ2) is 6.77. The van der Waals surface area contributed by atoms with Gasteiger partial charge in [0.1, 0.15) is 6.20 Å². The number of nitrogens with two attached hydrogens (primary N) is 1. The van der Waals surface area contributed by atoms with E-state index in [9.17, 15) is 14.4 Å². The second-order valence-corrected chi connectivity index (χ2v) is 4.85. The van der Waals surface area contributed by atoms with Gasteiger partial charge in [-0.1, -0.05) is 29.4 Å². The Hall–Kier alpha value is -2.80.